The Bertz CT molecular complexity index is 2950. The highest BCUT2D eigenvalue weighted by atomic mass is 16.8. The monoisotopic (exact) mass is 1160 g/mol. The molecule has 31 nitrogen and oxygen atoms in total. The Kier molecular flexibility index (Phi) is 24.4. The molecule has 3 saturated heterocycles. The summed E-state index contributed by atoms with van der Waals surface area (Å²) in [6, 6.07) is 16.8. The molecule has 446 valence electrons. The molecule has 1 aliphatic carbocycles. The smallest absolute Gasteiger partial charge is 0.187 e. The molecule has 3 heterocycles. The van der Waals surface area contributed by atoms with Gasteiger partial charge in [-0.15, -0.1) is 6.42 Å². The minimum atomic E-state index is -1.54. The fourth-order valence-electron chi connectivity index (χ4n) is 10.6. The number of hydrogen-bond donors (Lipinski definition) is 0. The third-order valence-corrected chi connectivity index (χ3v) is 15.3. The first-order valence-corrected chi connectivity index (χ1v) is 26.8. The van der Waals surface area contributed by atoms with Crippen LogP contribution in [-0.2, 0) is 67.2 Å². The van der Waals surface area contributed by atoms with E-state index in [2.05, 4.69) is 66.1 Å². The van der Waals surface area contributed by atoms with E-state index in [0.29, 0.717) is 28.4 Å². The Morgan fingerprint density at radius 2 is 0.905 bits per heavy atom. The molecule has 0 radical (unpaired) electrons. The van der Waals surface area contributed by atoms with E-state index in [0.717, 1.165) is 5.56 Å². The Balaban J connectivity index is 1.35. The van der Waals surface area contributed by atoms with Crippen LogP contribution in [0.2, 0.25) is 0 Å². The van der Waals surface area contributed by atoms with Gasteiger partial charge in [-0.2, -0.15) is 0 Å². The van der Waals surface area contributed by atoms with Crippen LogP contribution in [0.25, 0.3) is 62.7 Å². The van der Waals surface area contributed by atoms with Crippen molar-refractivity contribution in [1.82, 2.24) is 0 Å². The van der Waals surface area contributed by atoms with Crippen LogP contribution >= 0.6 is 0 Å². The molecule has 19 atom stereocenters. The van der Waals surface area contributed by atoms with Crippen molar-refractivity contribution >= 4 is 0 Å². The number of rotatable bonds is 29. The van der Waals surface area contributed by atoms with Crippen molar-refractivity contribution in [3.8, 4) is 29.6 Å². The normalized spacial score (nSPS) is 31.6. The van der Waals surface area contributed by atoms with Gasteiger partial charge in [0, 0.05) is 35.4 Å². The van der Waals surface area contributed by atoms with E-state index in [1.165, 1.54) is 14.2 Å². The van der Waals surface area contributed by atoms with Crippen LogP contribution in [0.15, 0.2) is 103 Å². The largest absolute Gasteiger partial charge is 0.497 e. The maximum atomic E-state index is 10.2. The van der Waals surface area contributed by atoms with Crippen LogP contribution in [0.3, 0.4) is 0 Å². The second-order valence-electron chi connectivity index (χ2n) is 20.1. The first-order chi connectivity index (χ1) is 40.9. The third-order valence-electron chi connectivity index (χ3n) is 15.3. The van der Waals surface area contributed by atoms with E-state index in [1.807, 2.05) is 32.9 Å². The van der Waals surface area contributed by atoms with Crippen LogP contribution in [0.1, 0.15) is 43.9 Å². The third kappa shape index (κ3) is 16.2. The number of ether oxygens (including phenoxy) is 13. The van der Waals surface area contributed by atoms with Gasteiger partial charge in [-0.25, -0.2) is 0 Å². The topological polar surface area (TPSA) is 413 Å². The van der Waals surface area contributed by atoms with Crippen molar-refractivity contribution in [3.05, 3.63) is 152 Å². The van der Waals surface area contributed by atoms with Crippen LogP contribution in [0.5, 0.6) is 17.2 Å². The van der Waals surface area contributed by atoms with Crippen molar-refractivity contribution in [3.63, 3.8) is 0 Å². The standard InChI is InChI=1S/C53H66N18O13/c1-8-21-75-28-42-48(83-52-44(65-71-59)45(31(4)41(80-52)24-61-67-55)76-25-32-9-15-35(72-5)16-10-32)50(78-27-34-13-19-37(74-7)20-14-34)53(81-42)84-49-46(77-26-33-11-17-36(73-6)18-12-33)38(62-68-56)22-39(63-69-57)47(49)82-51-43(64-70-58)30(3)29(2)40(79-51)23-60-66-54/h1,9-20,29-31,38-53H,21-28H2,2-7H3/t29-,30-,31+,38+,39?,40?,41-,42+,43?,44?,45?,46?,47+,48-,49+,50?,51+,52+,53-/m0/s1. The molecule has 7 unspecified atom stereocenters. The van der Waals surface area contributed by atoms with Crippen LogP contribution in [-0.4, -0.2) is 146 Å². The number of hydrogen-bond acceptors (Lipinski definition) is 19. The summed E-state index contributed by atoms with van der Waals surface area (Å²) >= 11 is 0. The zero-order valence-corrected chi connectivity index (χ0v) is 47.0. The van der Waals surface area contributed by atoms with Gasteiger partial charge in [-0.1, -0.05) is 93.8 Å². The average Bonchev–Trinajstić information content (AvgIpc) is 3.79. The summed E-state index contributed by atoms with van der Waals surface area (Å²) in [4.78, 5) is 18.6. The molecule has 1 saturated carbocycles. The number of nitrogens with zero attached hydrogens (tertiary/aromatic N) is 18. The second kappa shape index (κ2) is 32.2. The van der Waals surface area contributed by atoms with Gasteiger partial charge in [0.15, 0.2) is 18.9 Å². The first kappa shape index (κ1) is 63.7. The molecule has 0 aromatic heterocycles. The average molecular weight is 1160 g/mol. The molecule has 3 aliphatic heterocycles. The first-order valence-electron chi connectivity index (χ1n) is 26.8. The summed E-state index contributed by atoms with van der Waals surface area (Å²) in [6.07, 6.45) is -9.16. The second-order valence-corrected chi connectivity index (χ2v) is 20.1. The fourth-order valence-corrected chi connectivity index (χ4v) is 10.6. The molecule has 0 bridgehead atoms. The summed E-state index contributed by atoms with van der Waals surface area (Å²) in [7, 11) is 4.62. The Hall–Kier alpha value is -7.92. The van der Waals surface area contributed by atoms with E-state index in [4.69, 9.17) is 68.0 Å². The highest BCUT2D eigenvalue weighted by Gasteiger charge is 2.57. The lowest BCUT2D eigenvalue weighted by Crippen LogP contribution is -2.62. The van der Waals surface area contributed by atoms with E-state index in [1.54, 1.807) is 67.8 Å². The molecule has 0 N–H and O–H groups in total. The lowest BCUT2D eigenvalue weighted by atomic mass is 9.81. The van der Waals surface area contributed by atoms with Crippen molar-refractivity contribution in [2.45, 2.75) is 145 Å². The molecular formula is C53H66N18O13. The summed E-state index contributed by atoms with van der Waals surface area (Å²) < 4.78 is 83.4. The van der Waals surface area contributed by atoms with Gasteiger partial charge in [0.05, 0.1) is 109 Å². The molecule has 31 heteroatoms. The van der Waals surface area contributed by atoms with Gasteiger partial charge >= 0.3 is 0 Å². The van der Waals surface area contributed by atoms with Crippen molar-refractivity contribution < 1.29 is 61.6 Å². The van der Waals surface area contributed by atoms with E-state index in [9.17, 15) is 33.2 Å². The summed E-state index contributed by atoms with van der Waals surface area (Å²) in [5, 5.41) is 24.2. The van der Waals surface area contributed by atoms with E-state index < -0.39 is 110 Å². The van der Waals surface area contributed by atoms with Crippen LogP contribution < -0.4 is 14.2 Å². The zero-order chi connectivity index (χ0) is 60.0. The number of azide groups is 6. The van der Waals surface area contributed by atoms with Gasteiger partial charge in [-0.3, -0.25) is 0 Å². The molecular weight excluding hydrogens is 1100 g/mol. The van der Waals surface area contributed by atoms with Gasteiger partial charge in [0.25, 0.3) is 0 Å². The predicted octanol–water partition coefficient (Wildman–Crippen LogP) is 10.4. The lowest BCUT2D eigenvalue weighted by Gasteiger charge is -2.48. The van der Waals surface area contributed by atoms with Crippen molar-refractivity contribution in [2.24, 2.45) is 48.4 Å². The molecule has 84 heavy (non-hydrogen) atoms. The van der Waals surface area contributed by atoms with E-state index >= 15 is 0 Å². The van der Waals surface area contributed by atoms with Crippen LogP contribution in [0.4, 0.5) is 0 Å². The van der Waals surface area contributed by atoms with Gasteiger partial charge < -0.3 is 61.6 Å². The highest BCUT2D eigenvalue weighted by molar-refractivity contribution is 5.28. The van der Waals surface area contributed by atoms with E-state index in [-0.39, 0.29) is 58.5 Å². The molecule has 4 aliphatic rings. The fraction of sp³-hybridized carbons (Fsp3) is 0.623. The minimum Gasteiger partial charge on any atom is -0.497 e. The number of benzene rings is 3. The summed E-state index contributed by atoms with van der Waals surface area (Å²) in [6.45, 7) is 4.66. The Morgan fingerprint density at radius 3 is 1.39 bits per heavy atom. The molecule has 0 spiro atoms. The maximum Gasteiger partial charge on any atom is 0.187 e. The Labute approximate surface area is 483 Å². The molecule has 3 aromatic rings. The van der Waals surface area contributed by atoms with Crippen molar-refractivity contribution in [2.75, 3.05) is 47.6 Å². The van der Waals surface area contributed by atoms with Crippen LogP contribution in [0, 0.1) is 30.1 Å². The molecule has 3 aromatic carbocycles. The van der Waals surface area contributed by atoms with Gasteiger partial charge in [-0.05, 0) is 105 Å². The quantitative estimate of drug-likeness (QED) is 0.0205. The summed E-state index contributed by atoms with van der Waals surface area (Å²) in [5.41, 5.74) is 61.3. The van der Waals surface area contributed by atoms with Crippen molar-refractivity contribution in [1.29, 1.82) is 0 Å². The SMILES string of the molecule is C#CCOC[C@H]1O[C@@H](O[C@@H]2C(OCc3ccc(OC)cc3)[C@H](N=[N+]=[N-])CC(N=[N+]=[N-])[C@H]2O[C@H]2OC(CN=[N+]=[N-])[C@@H](C)[C@H](C)C2N=[N+]=[N-])C(OCc2ccc(OC)cc2)[C@H]1O[C@H]1O[C@@H](CN=[N+]=[N-])[C@@H](C)C(OCc2ccc(OC)cc2)C1N=[N+]=[N-]. The molecule has 0 amide bonds. The zero-order valence-electron chi connectivity index (χ0n) is 47.0. The minimum absolute atomic E-state index is 0.0535. The maximum absolute atomic E-state index is 10.2. The summed E-state index contributed by atoms with van der Waals surface area (Å²) in [5.74, 6) is 2.96. The number of methoxy groups -OCH3 is 3. The lowest BCUT2D eigenvalue weighted by molar-refractivity contribution is -0.302. The van der Waals surface area contributed by atoms with Gasteiger partial charge in [0.2, 0.25) is 0 Å². The molecule has 4 fully saturated rings. The molecule has 7 rings (SSSR count). The Morgan fingerprint density at radius 1 is 0.476 bits per heavy atom. The highest BCUT2D eigenvalue weighted by Crippen LogP contribution is 2.42. The van der Waals surface area contributed by atoms with Gasteiger partial charge in [0.1, 0.15) is 54.3 Å². The predicted molar refractivity (Wildman–Crippen MR) is 297 cm³/mol. The number of terminal acetylenes is 1.